The summed E-state index contributed by atoms with van der Waals surface area (Å²) >= 11 is 0. The number of nitrogens with zero attached hydrogens (tertiary/aromatic N) is 4. The molecule has 0 aliphatic heterocycles. The van der Waals surface area contributed by atoms with Gasteiger partial charge in [-0.3, -0.25) is 0 Å². The van der Waals surface area contributed by atoms with E-state index in [2.05, 4.69) is 36.1 Å². The molecule has 0 N–H and O–H groups in total. The minimum Gasteiger partial charge on any atom is -0.495 e. The SMILES string of the molecule is COc1cnnc(Oc2cc(C(C)(C)C)nn2C)c1. The second-order valence-electron chi connectivity index (χ2n) is 5.28. The van der Waals surface area contributed by atoms with Gasteiger partial charge in [0, 0.05) is 24.6 Å². The molecule has 0 bridgehead atoms. The zero-order valence-electron chi connectivity index (χ0n) is 11.8. The van der Waals surface area contributed by atoms with Gasteiger partial charge < -0.3 is 9.47 Å². The molecule has 0 spiro atoms. The fourth-order valence-corrected chi connectivity index (χ4v) is 1.51. The Morgan fingerprint density at radius 3 is 2.53 bits per heavy atom. The third kappa shape index (κ3) is 3.01. The van der Waals surface area contributed by atoms with Crippen LogP contribution in [-0.2, 0) is 12.5 Å². The molecule has 0 amide bonds. The van der Waals surface area contributed by atoms with Crippen LogP contribution < -0.4 is 9.47 Å². The molecule has 0 radical (unpaired) electrons. The Morgan fingerprint density at radius 2 is 1.95 bits per heavy atom. The van der Waals surface area contributed by atoms with Crippen LogP contribution in [0.4, 0.5) is 0 Å². The fourth-order valence-electron chi connectivity index (χ4n) is 1.51. The molecule has 0 saturated carbocycles. The van der Waals surface area contributed by atoms with Gasteiger partial charge in [0.15, 0.2) is 0 Å². The van der Waals surface area contributed by atoms with E-state index in [4.69, 9.17) is 9.47 Å². The van der Waals surface area contributed by atoms with Gasteiger partial charge >= 0.3 is 0 Å². The standard InChI is InChI=1S/C13H18N4O2/c1-13(2,3)10-7-12(17(4)16-10)19-11-6-9(18-5)8-14-15-11/h6-8H,1-5H3. The highest BCUT2D eigenvalue weighted by Gasteiger charge is 2.20. The molecule has 0 aromatic carbocycles. The smallest absolute Gasteiger partial charge is 0.244 e. The van der Waals surface area contributed by atoms with Gasteiger partial charge in [-0.25, -0.2) is 4.68 Å². The first-order valence-corrected chi connectivity index (χ1v) is 5.99. The van der Waals surface area contributed by atoms with E-state index < -0.39 is 0 Å². The van der Waals surface area contributed by atoms with Crippen molar-refractivity contribution in [1.82, 2.24) is 20.0 Å². The minimum absolute atomic E-state index is 0.0283. The predicted molar refractivity (Wildman–Crippen MR) is 70.6 cm³/mol. The number of hydrogen-bond donors (Lipinski definition) is 0. The van der Waals surface area contributed by atoms with Gasteiger partial charge in [0.1, 0.15) is 5.75 Å². The van der Waals surface area contributed by atoms with Crippen molar-refractivity contribution >= 4 is 0 Å². The first-order valence-electron chi connectivity index (χ1n) is 5.99. The number of aryl methyl sites for hydroxylation is 1. The van der Waals surface area contributed by atoms with Crippen molar-refractivity contribution in [3.8, 4) is 17.5 Å². The van der Waals surface area contributed by atoms with E-state index in [1.165, 1.54) is 6.20 Å². The molecular formula is C13H18N4O2. The topological polar surface area (TPSA) is 62.1 Å². The minimum atomic E-state index is -0.0283. The van der Waals surface area contributed by atoms with Crippen molar-refractivity contribution < 1.29 is 9.47 Å². The third-order valence-corrected chi connectivity index (χ3v) is 2.66. The van der Waals surface area contributed by atoms with Crippen LogP contribution in [0, 0.1) is 0 Å². The van der Waals surface area contributed by atoms with Crippen LogP contribution >= 0.6 is 0 Å². The lowest BCUT2D eigenvalue weighted by atomic mass is 9.93. The van der Waals surface area contributed by atoms with Gasteiger partial charge in [-0.2, -0.15) is 10.2 Å². The Balaban J connectivity index is 2.26. The van der Waals surface area contributed by atoms with Gasteiger partial charge in [-0.15, -0.1) is 5.10 Å². The summed E-state index contributed by atoms with van der Waals surface area (Å²) in [5.41, 5.74) is 0.931. The number of ether oxygens (including phenoxy) is 2. The first-order chi connectivity index (χ1) is 8.90. The molecule has 0 aliphatic carbocycles. The van der Waals surface area contributed by atoms with Crippen LogP contribution in [0.15, 0.2) is 18.3 Å². The van der Waals surface area contributed by atoms with E-state index in [0.717, 1.165) is 5.69 Å². The van der Waals surface area contributed by atoms with E-state index in [0.29, 0.717) is 17.5 Å². The normalized spacial score (nSPS) is 11.4. The van der Waals surface area contributed by atoms with Crippen LogP contribution in [0.2, 0.25) is 0 Å². The van der Waals surface area contributed by atoms with Crippen LogP contribution in [0.3, 0.4) is 0 Å². The predicted octanol–water partition coefficient (Wildman–Crippen LogP) is 2.31. The number of hydrogen-bond acceptors (Lipinski definition) is 5. The molecule has 0 fully saturated rings. The highest BCUT2D eigenvalue weighted by molar-refractivity contribution is 5.28. The molecule has 0 aliphatic rings. The van der Waals surface area contributed by atoms with Crippen molar-refractivity contribution in [2.75, 3.05) is 7.11 Å². The quantitative estimate of drug-likeness (QED) is 0.849. The van der Waals surface area contributed by atoms with Gasteiger partial charge in [-0.1, -0.05) is 20.8 Å². The molecule has 6 heteroatoms. The Hall–Kier alpha value is -2.11. The third-order valence-electron chi connectivity index (χ3n) is 2.66. The lowest BCUT2D eigenvalue weighted by Gasteiger charge is -2.13. The Morgan fingerprint density at radius 1 is 1.21 bits per heavy atom. The average Bonchev–Trinajstić information content (AvgIpc) is 2.71. The summed E-state index contributed by atoms with van der Waals surface area (Å²) in [5, 5.41) is 12.1. The lowest BCUT2D eigenvalue weighted by Crippen LogP contribution is -2.12. The molecule has 19 heavy (non-hydrogen) atoms. The maximum atomic E-state index is 5.67. The van der Waals surface area contributed by atoms with Gasteiger partial charge in [0.25, 0.3) is 0 Å². The molecule has 2 rings (SSSR count). The summed E-state index contributed by atoms with van der Waals surface area (Å²) in [6.45, 7) is 6.30. The van der Waals surface area contributed by atoms with Crippen molar-refractivity contribution in [1.29, 1.82) is 0 Å². The molecular weight excluding hydrogens is 244 g/mol. The molecule has 2 aromatic heterocycles. The van der Waals surface area contributed by atoms with Crippen LogP contribution in [0.5, 0.6) is 17.5 Å². The van der Waals surface area contributed by atoms with Crippen molar-refractivity contribution in [3.63, 3.8) is 0 Å². The van der Waals surface area contributed by atoms with E-state index in [1.807, 2.05) is 13.1 Å². The van der Waals surface area contributed by atoms with Crippen molar-refractivity contribution in [2.45, 2.75) is 26.2 Å². The van der Waals surface area contributed by atoms with E-state index in [-0.39, 0.29) is 5.41 Å². The number of rotatable bonds is 3. The maximum Gasteiger partial charge on any atom is 0.244 e. The van der Waals surface area contributed by atoms with Gasteiger partial charge in [0.2, 0.25) is 11.8 Å². The molecule has 2 heterocycles. The first kappa shape index (κ1) is 13.3. The Bertz CT molecular complexity index is 572. The highest BCUT2D eigenvalue weighted by atomic mass is 16.5. The van der Waals surface area contributed by atoms with Crippen molar-refractivity contribution in [2.24, 2.45) is 7.05 Å². The summed E-state index contributed by atoms with van der Waals surface area (Å²) < 4.78 is 12.4. The fraction of sp³-hybridized carbons (Fsp3) is 0.462. The second kappa shape index (κ2) is 4.87. The summed E-state index contributed by atoms with van der Waals surface area (Å²) in [6.07, 6.45) is 1.52. The summed E-state index contributed by atoms with van der Waals surface area (Å²) in [4.78, 5) is 0. The molecule has 6 nitrogen and oxygen atoms in total. The van der Waals surface area contributed by atoms with Crippen molar-refractivity contribution in [3.05, 3.63) is 24.0 Å². The van der Waals surface area contributed by atoms with Crippen LogP contribution in [0.25, 0.3) is 0 Å². The molecule has 0 atom stereocenters. The van der Waals surface area contributed by atoms with Crippen LogP contribution in [-0.4, -0.2) is 27.1 Å². The number of methoxy groups -OCH3 is 1. The summed E-state index contributed by atoms with van der Waals surface area (Å²) in [6, 6.07) is 3.58. The molecule has 102 valence electrons. The van der Waals surface area contributed by atoms with Gasteiger partial charge in [0.05, 0.1) is 19.0 Å². The Labute approximate surface area is 112 Å². The maximum absolute atomic E-state index is 5.67. The number of aromatic nitrogens is 4. The zero-order valence-corrected chi connectivity index (χ0v) is 11.8. The molecule has 2 aromatic rings. The highest BCUT2D eigenvalue weighted by Crippen LogP contribution is 2.27. The summed E-state index contributed by atoms with van der Waals surface area (Å²) in [5.74, 6) is 1.60. The second-order valence-corrected chi connectivity index (χ2v) is 5.28. The Kier molecular flexibility index (Phi) is 3.42. The molecule has 0 unspecified atom stereocenters. The zero-order chi connectivity index (χ0) is 14.0. The lowest BCUT2D eigenvalue weighted by molar-refractivity contribution is 0.386. The van der Waals surface area contributed by atoms with Gasteiger partial charge in [-0.05, 0) is 0 Å². The van der Waals surface area contributed by atoms with Crippen LogP contribution in [0.1, 0.15) is 26.5 Å². The monoisotopic (exact) mass is 262 g/mol. The largest absolute Gasteiger partial charge is 0.495 e. The van der Waals surface area contributed by atoms with E-state index in [1.54, 1.807) is 17.9 Å². The summed E-state index contributed by atoms with van der Waals surface area (Å²) in [7, 11) is 3.40. The average molecular weight is 262 g/mol. The van der Waals surface area contributed by atoms with E-state index in [9.17, 15) is 0 Å². The molecule has 0 saturated heterocycles. The van der Waals surface area contributed by atoms with E-state index >= 15 is 0 Å².